The minimum atomic E-state index is -1.25. The number of halogens is 1. The average molecular weight is 665 g/mol. The van der Waals surface area contributed by atoms with E-state index in [0.717, 1.165) is 28.5 Å². The molecule has 2 amide bonds. The van der Waals surface area contributed by atoms with Gasteiger partial charge in [0.15, 0.2) is 23.2 Å². The first-order valence-electron chi connectivity index (χ1n) is 12.2. The highest BCUT2D eigenvalue weighted by molar-refractivity contribution is 8.01. The number of nitrogens with one attached hydrogen (secondary N) is 1. The van der Waals surface area contributed by atoms with E-state index in [1.54, 1.807) is 12.1 Å². The molecule has 0 radical (unpaired) electrons. The second kappa shape index (κ2) is 12.6. The predicted octanol–water partition coefficient (Wildman–Crippen LogP) is 1.94. The van der Waals surface area contributed by atoms with E-state index in [-0.39, 0.29) is 27.9 Å². The van der Waals surface area contributed by atoms with Gasteiger partial charge < -0.3 is 31.3 Å². The van der Waals surface area contributed by atoms with Gasteiger partial charge in [-0.1, -0.05) is 16.8 Å². The van der Waals surface area contributed by atoms with E-state index in [9.17, 15) is 34.6 Å². The van der Waals surface area contributed by atoms with Gasteiger partial charge in [-0.25, -0.2) is 9.78 Å². The quantitative estimate of drug-likeness (QED) is 0.0692. The van der Waals surface area contributed by atoms with Crippen molar-refractivity contribution in [2.24, 2.45) is 5.16 Å². The number of aromatic nitrogens is 2. The second-order valence-corrected chi connectivity index (χ2v) is 12.5. The van der Waals surface area contributed by atoms with Gasteiger partial charge in [0, 0.05) is 32.9 Å². The number of rotatable bonds is 10. The molecule has 1 fully saturated rings. The van der Waals surface area contributed by atoms with Crippen molar-refractivity contribution in [1.82, 2.24) is 19.9 Å². The van der Waals surface area contributed by atoms with Gasteiger partial charge in [-0.15, -0.1) is 34.9 Å². The van der Waals surface area contributed by atoms with Crippen molar-refractivity contribution >= 4 is 75.1 Å². The molecule has 2 aliphatic rings. The Balaban J connectivity index is 1.30. The maximum absolute atomic E-state index is 13.3. The highest BCUT2D eigenvalue weighted by Gasteiger charge is 2.54. The number of hydrogen-bond acceptors (Lipinski definition) is 13. The highest BCUT2D eigenvalue weighted by atomic mass is 35.5. The molecule has 0 aliphatic carbocycles. The zero-order valence-corrected chi connectivity index (χ0v) is 24.9. The molecule has 43 heavy (non-hydrogen) atoms. The van der Waals surface area contributed by atoms with Gasteiger partial charge in [-0.2, -0.15) is 4.73 Å². The summed E-state index contributed by atoms with van der Waals surface area (Å²) in [6.07, 6.45) is 0.775. The smallest absolute Gasteiger partial charge is 0.352 e. The van der Waals surface area contributed by atoms with Gasteiger partial charge in [-0.05, 0) is 29.8 Å². The number of anilines is 1. The average Bonchev–Trinajstić information content (AvgIpc) is 3.41. The normalized spacial score (nSPS) is 18.2. The number of nitrogens with zero attached hydrogens (tertiary/aromatic N) is 4. The number of oxime groups is 1. The molecule has 0 unspecified atom stereocenters. The van der Waals surface area contributed by atoms with Crippen molar-refractivity contribution < 1.29 is 34.6 Å². The Morgan fingerprint density at radius 2 is 2.02 bits per heavy atom. The molecule has 224 valence electrons. The Morgan fingerprint density at radius 1 is 1.28 bits per heavy atom. The summed E-state index contributed by atoms with van der Waals surface area (Å²) >= 11 is 9.69. The number of nitrogens with two attached hydrogens (primary N) is 1. The van der Waals surface area contributed by atoms with Crippen LogP contribution < -0.4 is 16.5 Å². The number of aromatic hydroxyl groups is 1. The van der Waals surface area contributed by atoms with Crippen LogP contribution in [0.2, 0.25) is 5.02 Å². The van der Waals surface area contributed by atoms with E-state index in [2.05, 4.69) is 15.5 Å². The number of amides is 2. The Labute approximate surface area is 259 Å². The van der Waals surface area contributed by atoms with Gasteiger partial charge in [-0.3, -0.25) is 19.3 Å². The minimum absolute atomic E-state index is 0.0413. The van der Waals surface area contributed by atoms with Crippen LogP contribution in [0.1, 0.15) is 11.4 Å². The van der Waals surface area contributed by atoms with E-state index in [1.165, 1.54) is 33.8 Å². The van der Waals surface area contributed by atoms with E-state index in [4.69, 9.17) is 22.2 Å². The summed E-state index contributed by atoms with van der Waals surface area (Å²) in [4.78, 5) is 61.6. The number of nitrogen functional groups attached to an aromatic ring is 1. The van der Waals surface area contributed by atoms with Crippen LogP contribution in [0.15, 0.2) is 68.0 Å². The number of carbonyl (C=O) groups excluding carboxylic acids is 2. The Bertz CT molecular complexity index is 1720. The van der Waals surface area contributed by atoms with Crippen LogP contribution in [0.3, 0.4) is 0 Å². The molecule has 3 aromatic rings. The molecule has 2 aliphatic heterocycles. The maximum Gasteiger partial charge on any atom is 0.352 e. The number of carbonyl (C=O) groups is 3. The molecule has 14 nitrogen and oxygen atoms in total. The molecule has 2 aromatic heterocycles. The number of fused-ring (bicyclic) bond motifs is 1. The second-order valence-electron chi connectivity index (χ2n) is 9.00. The zero-order chi connectivity index (χ0) is 30.8. The molecule has 0 bridgehead atoms. The number of benzene rings is 1. The van der Waals surface area contributed by atoms with E-state index < -0.39 is 47.0 Å². The van der Waals surface area contributed by atoms with Crippen molar-refractivity contribution in [2.75, 3.05) is 17.2 Å². The van der Waals surface area contributed by atoms with Crippen LogP contribution >= 0.6 is 46.5 Å². The maximum atomic E-state index is 13.3. The summed E-state index contributed by atoms with van der Waals surface area (Å²) in [7, 11) is 0. The standard InChI is InChI=1S/C25H21ClN6O8S3/c26-12-1-3-14(4-2-12)41-8-11-9-42-23-19(22(36)32(23)20(11)24(37)38)29-21(35)18(15-10-43-25(27)28-15)30-40-7-13-5-16(33)17(34)6-31(13)39/h1-6,10,19,23,34,39H,7-9H2,(H2,27,28)(H,29,35)(H,37,38)/b30-18+/t19-,23-/m1/s1. The molecule has 2 atom stereocenters. The Hall–Kier alpha value is -4.19. The zero-order valence-electron chi connectivity index (χ0n) is 21.7. The predicted molar refractivity (Wildman–Crippen MR) is 159 cm³/mol. The van der Waals surface area contributed by atoms with Gasteiger partial charge in [0.2, 0.25) is 5.43 Å². The van der Waals surface area contributed by atoms with Crippen LogP contribution in [0.4, 0.5) is 5.13 Å². The number of β-lactam (4-membered cyclic amide) rings is 1. The third kappa shape index (κ3) is 6.43. The number of pyridine rings is 1. The van der Waals surface area contributed by atoms with E-state index in [0.29, 0.717) is 26.8 Å². The molecule has 0 spiro atoms. The molecule has 1 saturated heterocycles. The van der Waals surface area contributed by atoms with Crippen LogP contribution in [0.5, 0.6) is 5.75 Å². The summed E-state index contributed by atoms with van der Waals surface area (Å²) in [5.74, 6) is -2.72. The fraction of sp³-hybridized carbons (Fsp3) is 0.200. The summed E-state index contributed by atoms with van der Waals surface area (Å²) < 4.78 is 0.463. The van der Waals surface area contributed by atoms with Crippen LogP contribution in [0.25, 0.3) is 0 Å². The fourth-order valence-electron chi connectivity index (χ4n) is 4.13. The highest BCUT2D eigenvalue weighted by Crippen LogP contribution is 2.41. The molecule has 18 heteroatoms. The molecule has 4 heterocycles. The van der Waals surface area contributed by atoms with Gasteiger partial charge >= 0.3 is 5.97 Å². The SMILES string of the molecule is Nc1nc(/C(=N\OCc2cc(=O)c(O)cn2O)C(=O)N[C@@H]2C(=O)N3C(C(=O)O)=C(CSc4ccc(Cl)cc4)CS[C@H]23)cs1. The lowest BCUT2D eigenvalue weighted by molar-refractivity contribution is -0.150. The third-order valence-corrected chi connectivity index (χ3v) is 9.56. The molecule has 5 rings (SSSR count). The number of hydrogen-bond donors (Lipinski definition) is 5. The van der Waals surface area contributed by atoms with Crippen molar-refractivity contribution in [2.45, 2.75) is 22.9 Å². The van der Waals surface area contributed by atoms with E-state index in [1.807, 2.05) is 12.1 Å². The monoisotopic (exact) mass is 664 g/mol. The first kappa shape index (κ1) is 30.3. The third-order valence-electron chi connectivity index (χ3n) is 6.20. The summed E-state index contributed by atoms with van der Waals surface area (Å²) in [5.41, 5.74) is 5.01. The van der Waals surface area contributed by atoms with Crippen LogP contribution in [-0.4, -0.2) is 76.5 Å². The lowest BCUT2D eigenvalue weighted by atomic mass is 10.0. The first-order chi connectivity index (χ1) is 20.5. The van der Waals surface area contributed by atoms with Crippen LogP contribution in [0, 0.1) is 0 Å². The largest absolute Gasteiger partial charge is 0.503 e. The van der Waals surface area contributed by atoms with Crippen LogP contribution in [-0.2, 0) is 25.8 Å². The van der Waals surface area contributed by atoms with Gasteiger partial charge in [0.1, 0.15) is 28.5 Å². The first-order valence-corrected chi connectivity index (χ1v) is 15.5. The van der Waals surface area contributed by atoms with Crippen molar-refractivity contribution in [3.05, 3.63) is 79.8 Å². The summed E-state index contributed by atoms with van der Waals surface area (Å²) in [6, 6.07) is 6.96. The van der Waals surface area contributed by atoms with E-state index >= 15 is 0 Å². The van der Waals surface area contributed by atoms with Gasteiger partial charge in [0.25, 0.3) is 11.8 Å². The van der Waals surface area contributed by atoms with Crippen molar-refractivity contribution in [3.63, 3.8) is 0 Å². The summed E-state index contributed by atoms with van der Waals surface area (Å²) in [5, 5.41) is 37.1. The minimum Gasteiger partial charge on any atom is -0.503 e. The molecular weight excluding hydrogens is 644 g/mol. The topological polar surface area (TPSA) is 210 Å². The molecule has 1 aromatic carbocycles. The molecule has 0 saturated carbocycles. The Morgan fingerprint density at radius 3 is 2.70 bits per heavy atom. The molecule has 6 N–H and O–H groups in total. The fourth-order valence-corrected chi connectivity index (χ4v) is 7.19. The molecular formula is C25H21ClN6O8S3. The number of thiazole rings is 1. The summed E-state index contributed by atoms with van der Waals surface area (Å²) in [6.45, 7) is -0.472. The van der Waals surface area contributed by atoms with Gasteiger partial charge in [0.05, 0.1) is 6.20 Å². The van der Waals surface area contributed by atoms with Crippen molar-refractivity contribution in [3.8, 4) is 5.75 Å². The lowest BCUT2D eigenvalue weighted by Crippen LogP contribution is -2.71. The number of carboxylic acids is 1. The number of carboxylic acid groups (broad SMARTS) is 1. The number of thioether (sulfide) groups is 2. The number of aliphatic carboxylic acids is 1. The Kier molecular flexibility index (Phi) is 8.86. The lowest BCUT2D eigenvalue weighted by Gasteiger charge is -2.49. The van der Waals surface area contributed by atoms with Crippen molar-refractivity contribution in [1.29, 1.82) is 0 Å².